The average molecular weight is 211 g/mol. The molecule has 0 bridgehead atoms. The summed E-state index contributed by atoms with van der Waals surface area (Å²) in [5.41, 5.74) is 6.28. The summed E-state index contributed by atoms with van der Waals surface area (Å²) in [6.45, 7) is 5.93. The first-order chi connectivity index (χ1) is 6.88. The number of methoxy groups -OCH3 is 1. The average Bonchev–Trinajstić information content (AvgIpc) is 2.15. The Balaban J connectivity index is 3.23. The van der Waals surface area contributed by atoms with E-state index in [9.17, 15) is 4.39 Å². The van der Waals surface area contributed by atoms with E-state index in [4.69, 9.17) is 10.5 Å². The molecule has 0 aliphatic carbocycles. The summed E-state index contributed by atoms with van der Waals surface area (Å²) in [5.74, 6) is 0.203. The van der Waals surface area contributed by atoms with Crippen LogP contribution in [0.1, 0.15) is 32.4 Å². The molecule has 0 spiro atoms. The lowest BCUT2D eigenvalue weighted by Gasteiger charge is -2.28. The van der Waals surface area contributed by atoms with Crippen LogP contribution in [0.25, 0.3) is 0 Å². The van der Waals surface area contributed by atoms with Gasteiger partial charge in [0.05, 0.1) is 7.11 Å². The van der Waals surface area contributed by atoms with Gasteiger partial charge in [0, 0.05) is 11.6 Å². The molecule has 0 radical (unpaired) electrons. The van der Waals surface area contributed by atoms with Crippen LogP contribution in [0, 0.1) is 11.2 Å². The van der Waals surface area contributed by atoms with E-state index in [0.29, 0.717) is 11.3 Å². The van der Waals surface area contributed by atoms with E-state index in [1.165, 1.54) is 13.2 Å². The molecule has 1 atom stereocenters. The molecule has 2 nitrogen and oxygen atoms in total. The monoisotopic (exact) mass is 211 g/mol. The number of benzene rings is 1. The molecule has 0 amide bonds. The van der Waals surface area contributed by atoms with E-state index in [2.05, 4.69) is 0 Å². The number of hydrogen-bond acceptors (Lipinski definition) is 2. The SMILES string of the molecule is COc1cccc(F)c1[C@@H](N)C(C)(C)C. The van der Waals surface area contributed by atoms with E-state index < -0.39 is 0 Å². The highest BCUT2D eigenvalue weighted by molar-refractivity contribution is 5.37. The highest BCUT2D eigenvalue weighted by Gasteiger charge is 2.27. The summed E-state index contributed by atoms with van der Waals surface area (Å²) in [4.78, 5) is 0. The minimum atomic E-state index is -0.381. The van der Waals surface area contributed by atoms with Gasteiger partial charge in [-0.2, -0.15) is 0 Å². The highest BCUT2D eigenvalue weighted by atomic mass is 19.1. The maximum atomic E-state index is 13.7. The van der Waals surface area contributed by atoms with Gasteiger partial charge in [0.25, 0.3) is 0 Å². The standard InChI is InChI=1S/C12H18FNO/c1-12(2,3)11(14)10-8(13)6-5-7-9(10)15-4/h5-7,11H,14H2,1-4H3/t11-/m1/s1. The van der Waals surface area contributed by atoms with Crippen molar-refractivity contribution in [3.05, 3.63) is 29.6 Å². The van der Waals surface area contributed by atoms with Crippen LogP contribution >= 0.6 is 0 Å². The fraction of sp³-hybridized carbons (Fsp3) is 0.500. The lowest BCUT2D eigenvalue weighted by atomic mass is 9.82. The summed E-state index contributed by atoms with van der Waals surface area (Å²) in [5, 5.41) is 0. The first kappa shape index (κ1) is 12.0. The highest BCUT2D eigenvalue weighted by Crippen LogP contribution is 2.36. The van der Waals surface area contributed by atoms with Crippen molar-refractivity contribution in [2.45, 2.75) is 26.8 Å². The quantitative estimate of drug-likeness (QED) is 0.816. The number of ether oxygens (including phenoxy) is 1. The molecular weight excluding hydrogens is 193 g/mol. The molecule has 0 aliphatic rings. The van der Waals surface area contributed by atoms with Crippen molar-refractivity contribution in [2.24, 2.45) is 11.1 Å². The fourth-order valence-corrected chi connectivity index (χ4v) is 1.43. The van der Waals surface area contributed by atoms with Crippen molar-refractivity contribution in [3.8, 4) is 5.75 Å². The van der Waals surface area contributed by atoms with Crippen LogP contribution in [-0.4, -0.2) is 7.11 Å². The first-order valence-electron chi connectivity index (χ1n) is 4.96. The summed E-state index contributed by atoms with van der Waals surface area (Å²) in [7, 11) is 1.52. The maximum Gasteiger partial charge on any atom is 0.131 e. The van der Waals surface area contributed by atoms with Gasteiger partial charge in [-0.25, -0.2) is 4.39 Å². The van der Waals surface area contributed by atoms with E-state index in [1.807, 2.05) is 20.8 Å². The summed E-state index contributed by atoms with van der Waals surface area (Å²) < 4.78 is 18.8. The molecule has 0 fully saturated rings. The Kier molecular flexibility index (Phi) is 3.35. The first-order valence-corrected chi connectivity index (χ1v) is 4.96. The molecule has 3 heteroatoms. The Morgan fingerprint density at radius 1 is 1.33 bits per heavy atom. The Hall–Kier alpha value is -1.09. The molecule has 1 rings (SSSR count). The minimum absolute atomic E-state index is 0.199. The van der Waals surface area contributed by atoms with Gasteiger partial charge in [0.1, 0.15) is 11.6 Å². The smallest absolute Gasteiger partial charge is 0.131 e. The Morgan fingerprint density at radius 2 is 1.93 bits per heavy atom. The number of rotatable bonds is 2. The normalized spacial score (nSPS) is 13.7. The molecule has 0 saturated carbocycles. The molecule has 15 heavy (non-hydrogen) atoms. The predicted molar refractivity (Wildman–Crippen MR) is 59.3 cm³/mol. The second-order valence-corrected chi connectivity index (χ2v) is 4.70. The van der Waals surface area contributed by atoms with Gasteiger partial charge in [-0.05, 0) is 17.5 Å². The zero-order valence-corrected chi connectivity index (χ0v) is 9.67. The molecule has 1 aromatic carbocycles. The van der Waals surface area contributed by atoms with Crippen LogP contribution in [-0.2, 0) is 0 Å². The van der Waals surface area contributed by atoms with Gasteiger partial charge in [0.15, 0.2) is 0 Å². The van der Waals surface area contributed by atoms with Gasteiger partial charge < -0.3 is 10.5 Å². The molecular formula is C12H18FNO. The van der Waals surface area contributed by atoms with E-state index in [0.717, 1.165) is 0 Å². The molecule has 84 valence electrons. The van der Waals surface area contributed by atoms with E-state index in [-0.39, 0.29) is 17.3 Å². The predicted octanol–water partition coefficient (Wildman–Crippen LogP) is 2.88. The van der Waals surface area contributed by atoms with Crippen molar-refractivity contribution in [1.82, 2.24) is 0 Å². The second kappa shape index (κ2) is 4.19. The lowest BCUT2D eigenvalue weighted by Crippen LogP contribution is -2.27. The number of halogens is 1. The van der Waals surface area contributed by atoms with E-state index in [1.54, 1.807) is 12.1 Å². The van der Waals surface area contributed by atoms with Crippen LogP contribution < -0.4 is 10.5 Å². The van der Waals surface area contributed by atoms with Crippen LogP contribution in [0.2, 0.25) is 0 Å². The summed E-state index contributed by atoms with van der Waals surface area (Å²) in [6.07, 6.45) is 0. The van der Waals surface area contributed by atoms with Gasteiger partial charge in [-0.15, -0.1) is 0 Å². The zero-order chi connectivity index (χ0) is 11.6. The maximum absolute atomic E-state index is 13.7. The summed E-state index contributed by atoms with van der Waals surface area (Å²) >= 11 is 0. The molecule has 0 unspecified atom stereocenters. The zero-order valence-electron chi connectivity index (χ0n) is 9.67. The van der Waals surface area contributed by atoms with Crippen molar-refractivity contribution in [1.29, 1.82) is 0 Å². The fourth-order valence-electron chi connectivity index (χ4n) is 1.43. The van der Waals surface area contributed by atoms with Crippen LogP contribution in [0.15, 0.2) is 18.2 Å². The van der Waals surface area contributed by atoms with Gasteiger partial charge in [-0.1, -0.05) is 26.8 Å². The van der Waals surface area contributed by atoms with Crippen LogP contribution in [0.4, 0.5) is 4.39 Å². The van der Waals surface area contributed by atoms with Crippen molar-refractivity contribution in [3.63, 3.8) is 0 Å². The molecule has 0 aromatic heterocycles. The van der Waals surface area contributed by atoms with E-state index >= 15 is 0 Å². The third-order valence-electron chi connectivity index (χ3n) is 2.48. The van der Waals surface area contributed by atoms with Gasteiger partial charge >= 0.3 is 0 Å². The Labute approximate surface area is 90.2 Å². The Morgan fingerprint density at radius 3 is 2.40 bits per heavy atom. The van der Waals surface area contributed by atoms with Gasteiger partial charge in [-0.3, -0.25) is 0 Å². The van der Waals surface area contributed by atoms with Crippen molar-refractivity contribution < 1.29 is 9.13 Å². The van der Waals surface area contributed by atoms with Gasteiger partial charge in [0.2, 0.25) is 0 Å². The Bertz CT molecular complexity index is 344. The second-order valence-electron chi connectivity index (χ2n) is 4.70. The summed E-state index contributed by atoms with van der Waals surface area (Å²) in [6, 6.07) is 4.37. The van der Waals surface area contributed by atoms with Crippen molar-refractivity contribution in [2.75, 3.05) is 7.11 Å². The van der Waals surface area contributed by atoms with Crippen molar-refractivity contribution >= 4 is 0 Å². The molecule has 0 saturated heterocycles. The molecule has 2 N–H and O–H groups in total. The minimum Gasteiger partial charge on any atom is -0.496 e. The third kappa shape index (κ3) is 2.48. The largest absolute Gasteiger partial charge is 0.496 e. The lowest BCUT2D eigenvalue weighted by molar-refractivity contribution is 0.305. The van der Waals surface area contributed by atoms with Crippen LogP contribution in [0.5, 0.6) is 5.75 Å². The molecule has 1 aromatic rings. The topological polar surface area (TPSA) is 35.2 Å². The molecule has 0 aliphatic heterocycles. The van der Waals surface area contributed by atoms with Crippen LogP contribution in [0.3, 0.4) is 0 Å². The number of nitrogens with two attached hydrogens (primary N) is 1. The third-order valence-corrected chi connectivity index (χ3v) is 2.48. The number of hydrogen-bond donors (Lipinski definition) is 1. The molecule has 0 heterocycles.